The summed E-state index contributed by atoms with van der Waals surface area (Å²) < 4.78 is 27.5. The second-order valence-electron chi connectivity index (χ2n) is 7.29. The monoisotopic (exact) mass is 416 g/mol. The number of thiophene rings is 1. The van der Waals surface area contributed by atoms with Crippen LogP contribution >= 0.6 is 11.3 Å². The summed E-state index contributed by atoms with van der Waals surface area (Å²) in [6, 6.07) is 14.0. The number of carbonyl (C=O) groups excluding carboxylic acids is 1. The van der Waals surface area contributed by atoms with E-state index >= 15 is 0 Å². The van der Waals surface area contributed by atoms with Crippen LogP contribution in [0.2, 0.25) is 0 Å². The van der Waals surface area contributed by atoms with Crippen molar-refractivity contribution in [2.45, 2.75) is 31.6 Å². The summed E-state index contributed by atoms with van der Waals surface area (Å²) in [7, 11) is -3.23. The van der Waals surface area contributed by atoms with E-state index in [1.165, 1.54) is 16.7 Å². The molecular weight excluding hydrogens is 392 g/mol. The van der Waals surface area contributed by atoms with Crippen molar-refractivity contribution >= 4 is 38.0 Å². The average molecular weight is 417 g/mol. The number of rotatable bonds is 4. The molecule has 1 aromatic carbocycles. The molecule has 7 heteroatoms. The fourth-order valence-electron chi connectivity index (χ4n) is 4.00. The zero-order chi connectivity index (χ0) is 19.7. The fourth-order valence-corrected chi connectivity index (χ4v) is 7.00. The molecule has 0 bridgehead atoms. The first-order chi connectivity index (χ1) is 13.5. The van der Waals surface area contributed by atoms with Gasteiger partial charge in [0.15, 0.2) is 9.84 Å². The third kappa shape index (κ3) is 3.73. The highest BCUT2D eigenvalue weighted by atomic mass is 32.2. The van der Waals surface area contributed by atoms with Crippen LogP contribution < -0.4 is 0 Å². The lowest BCUT2D eigenvalue weighted by atomic mass is 10.2. The third-order valence-corrected chi connectivity index (χ3v) is 8.76. The van der Waals surface area contributed by atoms with Crippen LogP contribution in [0.5, 0.6) is 0 Å². The zero-order valence-electron chi connectivity index (χ0n) is 15.9. The molecule has 0 N–H and O–H groups in total. The number of hydrogen-bond acceptors (Lipinski definition) is 4. The predicted molar refractivity (Wildman–Crippen MR) is 113 cm³/mol. The van der Waals surface area contributed by atoms with Crippen molar-refractivity contribution in [2.24, 2.45) is 0 Å². The summed E-state index contributed by atoms with van der Waals surface area (Å²) in [5.41, 5.74) is 2.26. The molecule has 148 valence electrons. The molecule has 4 rings (SSSR count). The molecule has 0 spiro atoms. The molecule has 1 atom stereocenters. The van der Waals surface area contributed by atoms with Gasteiger partial charge in [-0.25, -0.2) is 8.42 Å². The lowest BCUT2D eigenvalue weighted by Crippen LogP contribution is -2.34. The van der Waals surface area contributed by atoms with E-state index in [1.807, 2.05) is 29.6 Å². The topological polar surface area (TPSA) is 59.4 Å². The van der Waals surface area contributed by atoms with Gasteiger partial charge in [0.2, 0.25) is 5.91 Å². The number of carbonyl (C=O) groups is 1. The van der Waals surface area contributed by atoms with E-state index < -0.39 is 15.1 Å². The van der Waals surface area contributed by atoms with E-state index in [-0.39, 0.29) is 18.2 Å². The number of aryl methyl sites for hydroxylation is 2. The minimum Gasteiger partial charge on any atom is -0.344 e. The molecule has 0 radical (unpaired) electrons. The molecule has 0 saturated carbocycles. The summed E-state index contributed by atoms with van der Waals surface area (Å²) in [6.07, 6.45) is 0.850. The van der Waals surface area contributed by atoms with Gasteiger partial charge in [-0.15, -0.1) is 11.3 Å². The Morgan fingerprint density at radius 2 is 2.00 bits per heavy atom. The Kier molecular flexibility index (Phi) is 5.29. The van der Waals surface area contributed by atoms with Crippen molar-refractivity contribution < 1.29 is 13.2 Å². The molecule has 1 amide bonds. The molecule has 1 aliphatic heterocycles. The Labute approximate surface area is 169 Å². The van der Waals surface area contributed by atoms with Crippen LogP contribution in [-0.2, 0) is 21.2 Å². The minimum absolute atomic E-state index is 0.0270. The van der Waals surface area contributed by atoms with Gasteiger partial charge >= 0.3 is 0 Å². The Hall–Kier alpha value is -2.12. The van der Waals surface area contributed by atoms with E-state index in [0.29, 0.717) is 25.9 Å². The third-order valence-electron chi connectivity index (χ3n) is 5.52. The quantitative estimate of drug-likeness (QED) is 0.650. The van der Waals surface area contributed by atoms with Crippen LogP contribution in [0.15, 0.2) is 47.8 Å². The molecular formula is C21H24N2O3S2. The number of benzene rings is 1. The van der Waals surface area contributed by atoms with Gasteiger partial charge in [0.25, 0.3) is 0 Å². The van der Waals surface area contributed by atoms with E-state index in [9.17, 15) is 13.2 Å². The number of para-hydroxylation sites is 1. The molecule has 0 aliphatic carbocycles. The summed E-state index contributed by atoms with van der Waals surface area (Å²) in [5, 5.41) is 2.59. The Balaban J connectivity index is 1.45. The van der Waals surface area contributed by atoms with Crippen LogP contribution in [0.1, 0.15) is 28.7 Å². The maximum atomic E-state index is 12.8. The van der Waals surface area contributed by atoms with Gasteiger partial charge in [0.05, 0.1) is 11.0 Å². The second-order valence-corrected chi connectivity index (χ2v) is 10.6. The number of aromatic nitrogens is 1. The Bertz CT molecular complexity index is 1080. The fraction of sp³-hybridized carbons (Fsp3) is 0.381. The molecule has 28 heavy (non-hydrogen) atoms. The molecule has 2 aromatic heterocycles. The molecule has 5 nitrogen and oxygen atoms in total. The maximum absolute atomic E-state index is 12.8. The van der Waals surface area contributed by atoms with Gasteiger partial charge in [-0.3, -0.25) is 4.79 Å². The summed E-state index contributed by atoms with van der Waals surface area (Å²) in [4.78, 5) is 15.4. The molecule has 1 fully saturated rings. The molecule has 3 heterocycles. The Morgan fingerprint density at radius 1 is 1.18 bits per heavy atom. The summed E-state index contributed by atoms with van der Waals surface area (Å²) >= 11 is 1.48. The second kappa shape index (κ2) is 7.72. The van der Waals surface area contributed by atoms with Crippen molar-refractivity contribution in [3.63, 3.8) is 0 Å². The van der Waals surface area contributed by atoms with Gasteiger partial charge in [-0.05, 0) is 42.3 Å². The first-order valence-corrected chi connectivity index (χ1v) is 12.1. The van der Waals surface area contributed by atoms with Crippen LogP contribution in [-0.4, -0.2) is 42.6 Å². The van der Waals surface area contributed by atoms with E-state index in [0.717, 1.165) is 16.1 Å². The van der Waals surface area contributed by atoms with Crippen molar-refractivity contribution in [1.29, 1.82) is 0 Å². The zero-order valence-corrected chi connectivity index (χ0v) is 17.5. The molecule has 1 unspecified atom stereocenters. The summed E-state index contributed by atoms with van der Waals surface area (Å²) in [6.45, 7) is 3.44. The van der Waals surface area contributed by atoms with E-state index in [4.69, 9.17) is 0 Å². The predicted octanol–water partition coefficient (Wildman–Crippen LogP) is 3.79. The van der Waals surface area contributed by atoms with E-state index in [2.05, 4.69) is 29.7 Å². The number of fused-ring (bicyclic) bond motifs is 1. The highest BCUT2D eigenvalue weighted by Gasteiger charge is 2.33. The van der Waals surface area contributed by atoms with Gasteiger partial charge < -0.3 is 9.47 Å². The van der Waals surface area contributed by atoms with Crippen LogP contribution in [0.4, 0.5) is 0 Å². The van der Waals surface area contributed by atoms with Crippen LogP contribution in [0.3, 0.4) is 0 Å². The SMILES string of the molecule is Cc1cc2ccccc2n1CCC(=O)N1CCC(c2cccs2)S(=O)(=O)CC1. The average Bonchev–Trinajstić information content (AvgIpc) is 3.26. The largest absolute Gasteiger partial charge is 0.344 e. The lowest BCUT2D eigenvalue weighted by molar-refractivity contribution is -0.131. The minimum atomic E-state index is -3.23. The molecule has 3 aromatic rings. The Morgan fingerprint density at radius 3 is 2.79 bits per heavy atom. The van der Waals surface area contributed by atoms with Gasteiger partial charge in [-0.1, -0.05) is 24.3 Å². The number of sulfone groups is 1. The number of nitrogens with zero attached hydrogens (tertiary/aromatic N) is 2. The van der Waals surface area contributed by atoms with Crippen molar-refractivity contribution in [1.82, 2.24) is 9.47 Å². The van der Waals surface area contributed by atoms with Gasteiger partial charge in [0, 0.05) is 42.1 Å². The lowest BCUT2D eigenvalue weighted by Gasteiger charge is -2.20. The maximum Gasteiger partial charge on any atom is 0.224 e. The van der Waals surface area contributed by atoms with Crippen LogP contribution in [0.25, 0.3) is 10.9 Å². The smallest absolute Gasteiger partial charge is 0.224 e. The molecule has 1 aliphatic rings. The first kappa shape index (κ1) is 19.2. The number of hydrogen-bond donors (Lipinski definition) is 0. The normalized spacial score (nSPS) is 19.6. The van der Waals surface area contributed by atoms with Crippen molar-refractivity contribution in [2.75, 3.05) is 18.8 Å². The number of amides is 1. The standard InChI is InChI=1S/C21H24N2O3S2/c1-16-15-17-5-2-3-6-18(17)23(16)11-9-21(24)22-10-8-20(19-7-4-13-27-19)28(25,26)14-12-22/h2-7,13,15,20H,8-12,14H2,1H3. The van der Waals surface area contributed by atoms with Crippen LogP contribution in [0, 0.1) is 6.92 Å². The first-order valence-electron chi connectivity index (χ1n) is 9.53. The van der Waals surface area contributed by atoms with Crippen molar-refractivity contribution in [3.8, 4) is 0 Å². The van der Waals surface area contributed by atoms with Gasteiger partial charge in [-0.2, -0.15) is 0 Å². The van der Waals surface area contributed by atoms with Crippen molar-refractivity contribution in [3.05, 3.63) is 58.4 Å². The van der Waals surface area contributed by atoms with E-state index in [1.54, 1.807) is 4.90 Å². The highest BCUT2D eigenvalue weighted by Crippen LogP contribution is 2.32. The van der Waals surface area contributed by atoms with Gasteiger partial charge in [0.1, 0.15) is 0 Å². The highest BCUT2D eigenvalue weighted by molar-refractivity contribution is 7.91. The molecule has 1 saturated heterocycles. The summed E-state index contributed by atoms with van der Waals surface area (Å²) in [5.74, 6) is 0.0616.